The summed E-state index contributed by atoms with van der Waals surface area (Å²) < 4.78 is 1.42. The maximum absolute atomic E-state index is 12.3. The van der Waals surface area contributed by atoms with Gasteiger partial charge in [-0.05, 0) is 24.5 Å². The Morgan fingerprint density at radius 2 is 2.04 bits per heavy atom. The fraction of sp³-hybridized carbons (Fsp3) is 0.250. The molecule has 2 heterocycles. The predicted molar refractivity (Wildman–Crippen MR) is 87.0 cm³/mol. The van der Waals surface area contributed by atoms with Crippen molar-refractivity contribution in [3.8, 4) is 5.95 Å². The number of Topliss-reactive ketones (excluding diaryl/α,β-unsaturated/α-hetero) is 1. The first-order valence-electron chi connectivity index (χ1n) is 7.38. The summed E-state index contributed by atoms with van der Waals surface area (Å²) >= 11 is 6.33. The lowest BCUT2D eigenvalue weighted by Crippen LogP contribution is -2.11. The fourth-order valence-corrected chi connectivity index (χ4v) is 3.57. The van der Waals surface area contributed by atoms with Crippen LogP contribution in [0, 0.1) is 5.92 Å². The molecule has 4 rings (SSSR count). The van der Waals surface area contributed by atoms with Crippen molar-refractivity contribution >= 4 is 28.8 Å². The molecule has 116 valence electrons. The van der Waals surface area contributed by atoms with Crippen LogP contribution in [0.25, 0.3) is 11.5 Å². The fourth-order valence-electron chi connectivity index (χ4n) is 3.28. The first-order chi connectivity index (χ1) is 11.2. The largest absolute Gasteiger partial charge is 0.383 e. The molecule has 23 heavy (non-hydrogen) atoms. The first-order valence-corrected chi connectivity index (χ1v) is 7.76. The third-order valence-corrected chi connectivity index (χ3v) is 4.61. The van der Waals surface area contributed by atoms with Crippen LogP contribution in [0.4, 0.5) is 5.82 Å². The highest BCUT2D eigenvalue weighted by molar-refractivity contribution is 6.32. The number of anilines is 1. The van der Waals surface area contributed by atoms with Crippen molar-refractivity contribution in [1.82, 2.24) is 19.7 Å². The van der Waals surface area contributed by atoms with Crippen LogP contribution >= 0.6 is 11.6 Å². The van der Waals surface area contributed by atoms with Crippen LogP contribution in [0.15, 0.2) is 36.2 Å². The lowest BCUT2D eigenvalue weighted by molar-refractivity contribution is -0.120. The molecule has 1 atom stereocenters. The number of ketones is 1. The molecule has 2 aliphatic carbocycles. The Bertz CT molecular complexity index is 853. The third kappa shape index (κ3) is 2.17. The molecule has 0 aliphatic heterocycles. The molecule has 2 N–H and O–H groups in total. The van der Waals surface area contributed by atoms with Crippen LogP contribution in [-0.2, 0) is 4.79 Å². The van der Waals surface area contributed by atoms with Crippen LogP contribution in [0.3, 0.4) is 0 Å². The van der Waals surface area contributed by atoms with Gasteiger partial charge < -0.3 is 5.73 Å². The minimum atomic E-state index is -0.0400. The number of nitrogen functional groups attached to an aromatic ring is 1. The lowest BCUT2D eigenvalue weighted by atomic mass is 9.89. The van der Waals surface area contributed by atoms with Gasteiger partial charge >= 0.3 is 0 Å². The van der Waals surface area contributed by atoms with Crippen molar-refractivity contribution < 1.29 is 4.79 Å². The van der Waals surface area contributed by atoms with Gasteiger partial charge in [-0.1, -0.05) is 29.3 Å². The van der Waals surface area contributed by atoms with E-state index in [1.807, 2.05) is 0 Å². The summed E-state index contributed by atoms with van der Waals surface area (Å²) in [6.07, 6.45) is 9.23. The van der Waals surface area contributed by atoms with Crippen LogP contribution in [0.2, 0.25) is 5.15 Å². The van der Waals surface area contributed by atoms with Gasteiger partial charge in [-0.25, -0.2) is 9.97 Å². The highest BCUT2D eigenvalue weighted by atomic mass is 35.5. The van der Waals surface area contributed by atoms with Gasteiger partial charge in [0.15, 0.2) is 5.15 Å². The van der Waals surface area contributed by atoms with Crippen molar-refractivity contribution in [3.05, 3.63) is 46.9 Å². The molecular formula is C16H14ClN5O. The molecule has 2 aliphatic rings. The Morgan fingerprint density at radius 1 is 1.26 bits per heavy atom. The van der Waals surface area contributed by atoms with Crippen molar-refractivity contribution in [2.45, 2.75) is 19.3 Å². The number of hydrogen-bond acceptors (Lipinski definition) is 5. The van der Waals surface area contributed by atoms with Crippen LogP contribution in [0.5, 0.6) is 0 Å². The van der Waals surface area contributed by atoms with Crippen molar-refractivity contribution in [1.29, 1.82) is 0 Å². The summed E-state index contributed by atoms with van der Waals surface area (Å²) in [5.41, 5.74) is 8.92. The maximum Gasteiger partial charge on any atom is 0.252 e. The number of halogens is 1. The quantitative estimate of drug-likeness (QED) is 0.857. The predicted octanol–water partition coefficient (Wildman–Crippen LogP) is 2.59. The average molecular weight is 328 g/mol. The molecule has 0 fully saturated rings. The Balaban J connectivity index is 1.86. The molecule has 0 amide bonds. The number of allylic oxidation sites excluding steroid dienone is 4. The van der Waals surface area contributed by atoms with Crippen LogP contribution in [0.1, 0.15) is 24.8 Å². The molecular weight excluding hydrogens is 314 g/mol. The van der Waals surface area contributed by atoms with E-state index >= 15 is 0 Å². The van der Waals surface area contributed by atoms with E-state index in [1.165, 1.54) is 4.68 Å². The molecule has 2 aromatic heterocycles. The Labute approximate surface area is 137 Å². The zero-order chi connectivity index (χ0) is 16.0. The summed E-state index contributed by atoms with van der Waals surface area (Å²) in [4.78, 5) is 20.6. The average Bonchev–Trinajstić information content (AvgIpc) is 3.06. The second-order valence-corrected chi connectivity index (χ2v) is 5.98. The molecule has 2 aromatic rings. The van der Waals surface area contributed by atoms with Gasteiger partial charge in [0.2, 0.25) is 0 Å². The van der Waals surface area contributed by atoms with Crippen molar-refractivity contribution in [2.24, 2.45) is 5.92 Å². The van der Waals surface area contributed by atoms with E-state index in [0.29, 0.717) is 23.8 Å². The lowest BCUT2D eigenvalue weighted by Gasteiger charge is -2.15. The molecule has 0 spiro atoms. The van der Waals surface area contributed by atoms with E-state index in [4.69, 9.17) is 17.3 Å². The number of nitrogens with two attached hydrogens (primary N) is 1. The number of fused-ring (bicyclic) bond motifs is 1. The van der Waals surface area contributed by atoms with E-state index in [1.54, 1.807) is 18.5 Å². The number of nitrogens with zero attached hydrogens (tertiary/aromatic N) is 4. The second-order valence-electron chi connectivity index (χ2n) is 5.62. The van der Waals surface area contributed by atoms with Crippen LogP contribution in [-0.4, -0.2) is 25.5 Å². The first kappa shape index (κ1) is 14.1. The molecule has 7 heteroatoms. The van der Waals surface area contributed by atoms with Crippen molar-refractivity contribution in [2.75, 3.05) is 5.73 Å². The monoisotopic (exact) mass is 327 g/mol. The molecule has 0 radical (unpaired) electrons. The Kier molecular flexibility index (Phi) is 3.27. The van der Waals surface area contributed by atoms with E-state index < -0.39 is 0 Å². The molecule has 0 saturated heterocycles. The van der Waals surface area contributed by atoms with E-state index in [9.17, 15) is 4.79 Å². The summed E-state index contributed by atoms with van der Waals surface area (Å²) in [6, 6.07) is 1.71. The van der Waals surface area contributed by atoms with Gasteiger partial charge in [-0.2, -0.15) is 9.78 Å². The maximum atomic E-state index is 12.3. The van der Waals surface area contributed by atoms with E-state index in [2.05, 4.69) is 27.2 Å². The molecule has 0 saturated carbocycles. The summed E-state index contributed by atoms with van der Waals surface area (Å²) in [5.74, 6) is 0.903. The topological polar surface area (TPSA) is 86.7 Å². The Morgan fingerprint density at radius 3 is 2.83 bits per heavy atom. The summed E-state index contributed by atoms with van der Waals surface area (Å²) in [7, 11) is 0. The van der Waals surface area contributed by atoms with Gasteiger partial charge in [0.1, 0.15) is 11.6 Å². The zero-order valence-corrected chi connectivity index (χ0v) is 13.0. The van der Waals surface area contributed by atoms with E-state index in [0.717, 1.165) is 24.0 Å². The third-order valence-electron chi connectivity index (χ3n) is 4.35. The molecule has 0 aromatic carbocycles. The van der Waals surface area contributed by atoms with E-state index in [-0.39, 0.29) is 16.9 Å². The molecule has 6 nitrogen and oxygen atoms in total. The summed E-state index contributed by atoms with van der Waals surface area (Å²) in [6.45, 7) is 0. The van der Waals surface area contributed by atoms with Gasteiger partial charge in [0, 0.05) is 24.7 Å². The number of carbonyl (C=O) groups excluding carboxylic acids is 1. The summed E-state index contributed by atoms with van der Waals surface area (Å²) in [5, 5.41) is 4.53. The zero-order valence-electron chi connectivity index (χ0n) is 12.2. The highest BCUT2D eigenvalue weighted by Crippen LogP contribution is 2.45. The minimum Gasteiger partial charge on any atom is -0.383 e. The smallest absolute Gasteiger partial charge is 0.252 e. The number of aromatic nitrogens is 4. The second kappa shape index (κ2) is 5.31. The normalized spacial score (nSPS) is 20.2. The molecule has 1 unspecified atom stereocenters. The van der Waals surface area contributed by atoms with Gasteiger partial charge in [0.05, 0.1) is 5.56 Å². The van der Waals surface area contributed by atoms with Crippen LogP contribution < -0.4 is 5.73 Å². The molecule has 0 bridgehead atoms. The number of hydrogen-bond donors (Lipinski definition) is 1. The van der Waals surface area contributed by atoms with Gasteiger partial charge in [0.25, 0.3) is 5.95 Å². The van der Waals surface area contributed by atoms with Crippen molar-refractivity contribution in [3.63, 3.8) is 0 Å². The SMILES string of the molecule is Nc1c(C2=C3CC=CCC3C(=O)C2)c(Cl)nn1-c1ncccn1. The highest BCUT2D eigenvalue weighted by Gasteiger charge is 2.36. The number of carbonyl (C=O) groups is 1. The van der Waals surface area contributed by atoms with Gasteiger partial charge in [-0.15, -0.1) is 0 Å². The van der Waals surface area contributed by atoms with Gasteiger partial charge in [-0.3, -0.25) is 4.79 Å². The Hall–Kier alpha value is -2.47. The number of rotatable bonds is 2. The minimum absolute atomic E-state index is 0.0400. The standard InChI is InChI=1S/C16H14ClN5O/c17-14-13(11-8-12(23)10-5-2-1-4-9(10)11)15(18)22(21-14)16-19-6-3-7-20-16/h1-3,6-7,10H,4-5,8,18H2.